The molecule has 1 aliphatic rings. The molecule has 1 aliphatic heterocycles. The van der Waals surface area contributed by atoms with Crippen molar-refractivity contribution >= 4 is 17.3 Å². The normalized spacial score (nSPS) is 16.2. The molecule has 1 amide bonds. The van der Waals surface area contributed by atoms with Gasteiger partial charge in [-0.15, -0.1) is 0 Å². The molecule has 1 aromatic carbocycles. The lowest BCUT2D eigenvalue weighted by Crippen LogP contribution is -2.39. The van der Waals surface area contributed by atoms with Gasteiger partial charge < -0.3 is 15.0 Å². The molecule has 1 fully saturated rings. The third kappa shape index (κ3) is 3.73. The van der Waals surface area contributed by atoms with E-state index in [0.717, 1.165) is 12.1 Å². The second kappa shape index (κ2) is 7.22. The van der Waals surface area contributed by atoms with Gasteiger partial charge in [-0.3, -0.25) is 14.9 Å². The fourth-order valence-corrected chi connectivity index (χ4v) is 2.30. The molecule has 2 rings (SSSR count). The molecule has 22 heavy (non-hydrogen) atoms. The monoisotopic (exact) mass is 307 g/mol. The standard InChI is InChI=1S/C15H21N3O4/c1-3-11(2)16-15(19)13-10-12(18(20)21)4-5-14(13)17-6-8-22-9-7-17/h4-5,10-11H,3,6-9H2,1-2H3,(H,16,19). The highest BCUT2D eigenvalue weighted by Crippen LogP contribution is 2.26. The lowest BCUT2D eigenvalue weighted by Gasteiger charge is -2.30. The summed E-state index contributed by atoms with van der Waals surface area (Å²) in [6.45, 7) is 6.39. The van der Waals surface area contributed by atoms with Crippen molar-refractivity contribution in [2.45, 2.75) is 26.3 Å². The minimum atomic E-state index is -0.483. The third-order valence-electron chi connectivity index (χ3n) is 3.78. The summed E-state index contributed by atoms with van der Waals surface area (Å²) in [6, 6.07) is 4.45. The van der Waals surface area contributed by atoms with Crippen molar-refractivity contribution in [3.63, 3.8) is 0 Å². The highest BCUT2D eigenvalue weighted by atomic mass is 16.6. The Bertz CT molecular complexity index is 556. The van der Waals surface area contributed by atoms with Gasteiger partial charge >= 0.3 is 0 Å². The number of hydrogen-bond donors (Lipinski definition) is 1. The molecule has 0 radical (unpaired) electrons. The highest BCUT2D eigenvalue weighted by molar-refractivity contribution is 6.00. The fourth-order valence-electron chi connectivity index (χ4n) is 2.30. The van der Waals surface area contributed by atoms with Gasteiger partial charge in [-0.2, -0.15) is 0 Å². The number of nitro benzene ring substituents is 1. The van der Waals surface area contributed by atoms with Crippen LogP contribution in [0.2, 0.25) is 0 Å². The van der Waals surface area contributed by atoms with Gasteiger partial charge in [-0.25, -0.2) is 0 Å². The number of amides is 1. The average Bonchev–Trinajstić information content (AvgIpc) is 2.54. The summed E-state index contributed by atoms with van der Waals surface area (Å²) < 4.78 is 5.32. The van der Waals surface area contributed by atoms with Crippen LogP contribution in [0.4, 0.5) is 11.4 Å². The zero-order chi connectivity index (χ0) is 16.1. The predicted octanol–water partition coefficient (Wildman–Crippen LogP) is 1.96. The second-order valence-corrected chi connectivity index (χ2v) is 5.34. The van der Waals surface area contributed by atoms with Crippen LogP contribution >= 0.6 is 0 Å². The van der Waals surface area contributed by atoms with E-state index in [1.807, 2.05) is 18.7 Å². The number of hydrogen-bond acceptors (Lipinski definition) is 5. The van der Waals surface area contributed by atoms with Gasteiger partial charge in [0.15, 0.2) is 0 Å². The van der Waals surface area contributed by atoms with Crippen LogP contribution in [0.1, 0.15) is 30.6 Å². The molecule has 7 nitrogen and oxygen atoms in total. The summed E-state index contributed by atoms with van der Waals surface area (Å²) in [6.07, 6.45) is 0.799. The number of carbonyl (C=O) groups excluding carboxylic acids is 1. The number of morpholine rings is 1. The Morgan fingerprint density at radius 1 is 1.45 bits per heavy atom. The second-order valence-electron chi connectivity index (χ2n) is 5.34. The number of nitrogens with zero attached hydrogens (tertiary/aromatic N) is 2. The lowest BCUT2D eigenvalue weighted by atomic mass is 10.1. The Labute approximate surface area is 129 Å². The average molecular weight is 307 g/mol. The summed E-state index contributed by atoms with van der Waals surface area (Å²) in [5.41, 5.74) is 0.984. The molecule has 120 valence electrons. The first kappa shape index (κ1) is 16.2. The topological polar surface area (TPSA) is 84.7 Å². The number of nitrogens with one attached hydrogen (secondary N) is 1. The molecule has 0 aliphatic carbocycles. The van der Waals surface area contributed by atoms with E-state index in [-0.39, 0.29) is 17.6 Å². The Kier molecular flexibility index (Phi) is 5.32. The number of anilines is 1. The summed E-state index contributed by atoms with van der Waals surface area (Å²) in [5.74, 6) is -0.278. The van der Waals surface area contributed by atoms with Gasteiger partial charge in [0.1, 0.15) is 0 Å². The molecule has 1 atom stereocenters. The van der Waals surface area contributed by atoms with E-state index < -0.39 is 4.92 Å². The fraction of sp³-hybridized carbons (Fsp3) is 0.533. The molecular formula is C15H21N3O4. The van der Waals surface area contributed by atoms with E-state index in [9.17, 15) is 14.9 Å². The Morgan fingerprint density at radius 2 is 2.14 bits per heavy atom. The number of carbonyl (C=O) groups is 1. The van der Waals surface area contributed by atoms with E-state index in [2.05, 4.69) is 5.32 Å². The minimum absolute atomic E-state index is 0.0179. The Morgan fingerprint density at radius 3 is 2.73 bits per heavy atom. The van der Waals surface area contributed by atoms with Crippen LogP contribution in [0, 0.1) is 10.1 Å². The zero-order valence-corrected chi connectivity index (χ0v) is 12.9. The maximum Gasteiger partial charge on any atom is 0.270 e. The molecule has 0 bridgehead atoms. The summed E-state index contributed by atoms with van der Waals surface area (Å²) >= 11 is 0. The first-order valence-corrected chi connectivity index (χ1v) is 7.45. The van der Waals surface area contributed by atoms with Crippen LogP contribution in [0.5, 0.6) is 0 Å². The van der Waals surface area contributed by atoms with Gasteiger partial charge in [0.05, 0.1) is 29.4 Å². The van der Waals surface area contributed by atoms with E-state index in [1.165, 1.54) is 12.1 Å². The van der Waals surface area contributed by atoms with Crippen molar-refractivity contribution in [1.29, 1.82) is 0 Å². The molecule has 7 heteroatoms. The Hall–Kier alpha value is -2.15. The summed E-state index contributed by atoms with van der Waals surface area (Å²) in [5, 5.41) is 13.9. The predicted molar refractivity (Wildman–Crippen MR) is 83.3 cm³/mol. The van der Waals surface area contributed by atoms with E-state index in [0.29, 0.717) is 31.9 Å². The van der Waals surface area contributed by atoms with Crippen LogP contribution in [0.15, 0.2) is 18.2 Å². The van der Waals surface area contributed by atoms with E-state index >= 15 is 0 Å². The molecule has 1 unspecified atom stereocenters. The van der Waals surface area contributed by atoms with Gasteiger partial charge in [-0.05, 0) is 19.4 Å². The maximum atomic E-state index is 12.5. The van der Waals surface area contributed by atoms with Crippen molar-refractivity contribution < 1.29 is 14.5 Å². The SMILES string of the molecule is CCC(C)NC(=O)c1cc([N+](=O)[O-])ccc1N1CCOCC1. The number of ether oxygens (including phenoxy) is 1. The molecule has 1 heterocycles. The van der Waals surface area contributed by atoms with Gasteiger partial charge in [0.25, 0.3) is 11.6 Å². The molecule has 1 aromatic rings. The van der Waals surface area contributed by atoms with Crippen molar-refractivity contribution in [3.8, 4) is 0 Å². The molecule has 1 N–H and O–H groups in total. The first-order valence-electron chi connectivity index (χ1n) is 7.45. The van der Waals surface area contributed by atoms with Crippen molar-refractivity contribution in [3.05, 3.63) is 33.9 Å². The van der Waals surface area contributed by atoms with Gasteiger partial charge in [-0.1, -0.05) is 6.92 Å². The minimum Gasteiger partial charge on any atom is -0.378 e. The smallest absolute Gasteiger partial charge is 0.270 e. The van der Waals surface area contributed by atoms with Crippen LogP contribution in [0.3, 0.4) is 0 Å². The van der Waals surface area contributed by atoms with Crippen molar-refractivity contribution in [2.24, 2.45) is 0 Å². The molecule has 0 saturated carbocycles. The number of rotatable bonds is 5. The highest BCUT2D eigenvalue weighted by Gasteiger charge is 2.22. The summed E-state index contributed by atoms with van der Waals surface area (Å²) in [4.78, 5) is 25.0. The van der Waals surface area contributed by atoms with Gasteiger partial charge in [0.2, 0.25) is 0 Å². The van der Waals surface area contributed by atoms with Crippen molar-refractivity contribution in [2.75, 3.05) is 31.2 Å². The molecule has 1 saturated heterocycles. The summed E-state index contributed by atoms with van der Waals surface area (Å²) in [7, 11) is 0. The quantitative estimate of drug-likeness (QED) is 0.664. The Balaban J connectivity index is 2.34. The number of nitro groups is 1. The van der Waals surface area contributed by atoms with Crippen molar-refractivity contribution in [1.82, 2.24) is 5.32 Å². The first-order chi connectivity index (χ1) is 10.5. The van der Waals surface area contributed by atoms with Crippen LogP contribution in [-0.2, 0) is 4.74 Å². The van der Waals surface area contributed by atoms with Gasteiger partial charge in [0, 0.05) is 31.3 Å². The third-order valence-corrected chi connectivity index (χ3v) is 3.78. The number of benzene rings is 1. The largest absolute Gasteiger partial charge is 0.378 e. The zero-order valence-electron chi connectivity index (χ0n) is 12.9. The van der Waals surface area contributed by atoms with E-state index in [4.69, 9.17) is 4.74 Å². The van der Waals surface area contributed by atoms with Crippen LogP contribution < -0.4 is 10.2 Å². The van der Waals surface area contributed by atoms with E-state index in [1.54, 1.807) is 6.07 Å². The molecular weight excluding hydrogens is 286 g/mol. The van der Waals surface area contributed by atoms with Crippen LogP contribution in [-0.4, -0.2) is 43.2 Å². The number of non-ortho nitro benzene ring substituents is 1. The molecule has 0 aromatic heterocycles. The lowest BCUT2D eigenvalue weighted by molar-refractivity contribution is -0.384. The van der Waals surface area contributed by atoms with Crippen LogP contribution in [0.25, 0.3) is 0 Å². The maximum absolute atomic E-state index is 12.5. The molecule has 0 spiro atoms.